The highest BCUT2D eigenvalue weighted by Gasteiger charge is 2.18. The molecule has 0 aliphatic carbocycles. The zero-order valence-electron chi connectivity index (χ0n) is 10.9. The molecule has 6 heteroatoms. The van der Waals surface area contributed by atoms with Crippen LogP contribution in [0.1, 0.15) is 23.1 Å². The van der Waals surface area contributed by atoms with Crippen LogP contribution in [0.2, 0.25) is 0 Å². The highest BCUT2D eigenvalue weighted by atomic mass is 16.5. The SMILES string of the molecule is Cc1cnc(-c2noc([C@H](N)c3ccccc3)n2)nc1. The third-order valence-electron chi connectivity index (χ3n) is 2.85. The van der Waals surface area contributed by atoms with Crippen LogP contribution in [0.4, 0.5) is 0 Å². The van der Waals surface area contributed by atoms with Crippen molar-refractivity contribution >= 4 is 0 Å². The fraction of sp³-hybridized carbons (Fsp3) is 0.143. The number of aromatic nitrogens is 4. The maximum Gasteiger partial charge on any atom is 0.248 e. The number of hydrogen-bond acceptors (Lipinski definition) is 6. The number of nitrogens with zero attached hydrogens (tertiary/aromatic N) is 4. The van der Waals surface area contributed by atoms with E-state index < -0.39 is 6.04 Å². The monoisotopic (exact) mass is 267 g/mol. The van der Waals surface area contributed by atoms with Crippen LogP contribution in [0.5, 0.6) is 0 Å². The molecule has 0 unspecified atom stereocenters. The summed E-state index contributed by atoms with van der Waals surface area (Å²) in [6, 6.07) is 9.12. The second-order valence-electron chi connectivity index (χ2n) is 4.43. The molecule has 100 valence electrons. The molecule has 0 saturated heterocycles. The first-order valence-corrected chi connectivity index (χ1v) is 6.17. The number of nitrogens with two attached hydrogens (primary N) is 1. The van der Waals surface area contributed by atoms with Gasteiger partial charge in [0.25, 0.3) is 0 Å². The van der Waals surface area contributed by atoms with Gasteiger partial charge in [0.1, 0.15) is 6.04 Å². The Kier molecular flexibility index (Phi) is 3.22. The van der Waals surface area contributed by atoms with Gasteiger partial charge in [0.15, 0.2) is 0 Å². The molecule has 20 heavy (non-hydrogen) atoms. The first-order chi connectivity index (χ1) is 9.74. The van der Waals surface area contributed by atoms with E-state index in [0.717, 1.165) is 11.1 Å². The normalized spacial score (nSPS) is 12.3. The van der Waals surface area contributed by atoms with Gasteiger partial charge in [0, 0.05) is 12.4 Å². The minimum atomic E-state index is -0.456. The minimum absolute atomic E-state index is 0.339. The average molecular weight is 267 g/mol. The van der Waals surface area contributed by atoms with Gasteiger partial charge in [-0.15, -0.1) is 0 Å². The standard InChI is InChI=1S/C14H13N5O/c1-9-7-16-12(17-8-9)13-18-14(20-19-13)11(15)10-5-3-2-4-6-10/h2-8,11H,15H2,1H3/t11-/m1/s1. The first-order valence-electron chi connectivity index (χ1n) is 6.17. The molecule has 0 fully saturated rings. The van der Waals surface area contributed by atoms with Gasteiger partial charge in [-0.05, 0) is 18.1 Å². The molecule has 0 bridgehead atoms. The number of aryl methyl sites for hydroxylation is 1. The van der Waals surface area contributed by atoms with E-state index in [4.69, 9.17) is 10.3 Å². The van der Waals surface area contributed by atoms with Crippen molar-refractivity contribution in [1.29, 1.82) is 0 Å². The lowest BCUT2D eigenvalue weighted by molar-refractivity contribution is 0.367. The van der Waals surface area contributed by atoms with Gasteiger partial charge in [-0.1, -0.05) is 35.5 Å². The summed E-state index contributed by atoms with van der Waals surface area (Å²) in [6.45, 7) is 1.91. The van der Waals surface area contributed by atoms with Gasteiger partial charge in [0.2, 0.25) is 17.5 Å². The molecular weight excluding hydrogens is 254 g/mol. The Hall–Kier alpha value is -2.60. The van der Waals surface area contributed by atoms with Gasteiger partial charge < -0.3 is 10.3 Å². The van der Waals surface area contributed by atoms with E-state index in [1.54, 1.807) is 12.4 Å². The zero-order valence-corrected chi connectivity index (χ0v) is 10.9. The summed E-state index contributed by atoms with van der Waals surface area (Å²) in [4.78, 5) is 12.6. The summed E-state index contributed by atoms with van der Waals surface area (Å²) in [7, 11) is 0. The maximum absolute atomic E-state index is 6.09. The minimum Gasteiger partial charge on any atom is -0.337 e. The van der Waals surface area contributed by atoms with Gasteiger partial charge in [-0.3, -0.25) is 0 Å². The van der Waals surface area contributed by atoms with E-state index in [1.165, 1.54) is 0 Å². The van der Waals surface area contributed by atoms with Crippen LogP contribution in [0.25, 0.3) is 11.6 Å². The second kappa shape index (κ2) is 5.18. The summed E-state index contributed by atoms with van der Waals surface area (Å²) in [5.41, 5.74) is 7.98. The molecule has 1 atom stereocenters. The van der Waals surface area contributed by atoms with Crippen LogP contribution >= 0.6 is 0 Å². The first kappa shape index (κ1) is 12.4. The zero-order chi connectivity index (χ0) is 13.9. The average Bonchev–Trinajstić information content (AvgIpc) is 2.98. The molecule has 0 aliphatic rings. The van der Waals surface area contributed by atoms with E-state index in [2.05, 4.69) is 20.1 Å². The Labute approximate surface area is 115 Å². The van der Waals surface area contributed by atoms with Crippen molar-refractivity contribution in [2.45, 2.75) is 13.0 Å². The third kappa shape index (κ3) is 2.41. The molecule has 1 aromatic carbocycles. The summed E-state index contributed by atoms with van der Waals surface area (Å²) in [6.07, 6.45) is 3.41. The Morgan fingerprint density at radius 3 is 2.45 bits per heavy atom. The summed E-state index contributed by atoms with van der Waals surface area (Å²) >= 11 is 0. The lowest BCUT2D eigenvalue weighted by atomic mass is 10.1. The smallest absolute Gasteiger partial charge is 0.248 e. The summed E-state index contributed by atoms with van der Waals surface area (Å²) < 4.78 is 5.20. The van der Waals surface area contributed by atoms with Crippen LogP contribution in [-0.2, 0) is 0 Å². The van der Waals surface area contributed by atoms with Crippen molar-refractivity contribution in [3.05, 3.63) is 59.7 Å². The maximum atomic E-state index is 6.09. The van der Waals surface area contributed by atoms with E-state index in [-0.39, 0.29) is 0 Å². The van der Waals surface area contributed by atoms with Gasteiger partial charge in [-0.2, -0.15) is 4.98 Å². The van der Waals surface area contributed by atoms with E-state index >= 15 is 0 Å². The largest absolute Gasteiger partial charge is 0.337 e. The van der Waals surface area contributed by atoms with Gasteiger partial charge in [0.05, 0.1) is 0 Å². The van der Waals surface area contributed by atoms with Crippen molar-refractivity contribution in [2.24, 2.45) is 5.73 Å². The lowest BCUT2D eigenvalue weighted by Gasteiger charge is -2.05. The summed E-state index contributed by atoms with van der Waals surface area (Å²) in [5.74, 6) is 1.10. The third-order valence-corrected chi connectivity index (χ3v) is 2.85. The quantitative estimate of drug-likeness (QED) is 0.779. The highest BCUT2D eigenvalue weighted by Crippen LogP contribution is 2.19. The molecule has 3 rings (SSSR count). The predicted octanol–water partition coefficient (Wildman–Crippen LogP) is 1.88. The fourth-order valence-electron chi connectivity index (χ4n) is 1.76. The highest BCUT2D eigenvalue weighted by molar-refractivity contribution is 5.41. The van der Waals surface area contributed by atoms with Crippen molar-refractivity contribution in [2.75, 3.05) is 0 Å². The van der Waals surface area contributed by atoms with E-state index in [1.807, 2.05) is 37.3 Å². The van der Waals surface area contributed by atoms with Crippen molar-refractivity contribution < 1.29 is 4.52 Å². The van der Waals surface area contributed by atoms with Crippen molar-refractivity contribution in [3.8, 4) is 11.6 Å². The molecule has 0 amide bonds. The van der Waals surface area contributed by atoms with Crippen molar-refractivity contribution in [1.82, 2.24) is 20.1 Å². The fourth-order valence-corrected chi connectivity index (χ4v) is 1.76. The van der Waals surface area contributed by atoms with Crippen LogP contribution in [0, 0.1) is 6.92 Å². The van der Waals surface area contributed by atoms with Crippen LogP contribution in [-0.4, -0.2) is 20.1 Å². The number of hydrogen-bond donors (Lipinski definition) is 1. The second-order valence-corrected chi connectivity index (χ2v) is 4.43. The van der Waals surface area contributed by atoms with Crippen molar-refractivity contribution in [3.63, 3.8) is 0 Å². The lowest BCUT2D eigenvalue weighted by Crippen LogP contribution is -2.12. The van der Waals surface area contributed by atoms with Gasteiger partial charge in [-0.25, -0.2) is 9.97 Å². The molecule has 0 spiro atoms. The molecule has 6 nitrogen and oxygen atoms in total. The molecule has 2 N–H and O–H groups in total. The Morgan fingerprint density at radius 2 is 1.75 bits per heavy atom. The van der Waals surface area contributed by atoms with Crippen LogP contribution in [0.3, 0.4) is 0 Å². The summed E-state index contributed by atoms with van der Waals surface area (Å²) in [5, 5.41) is 3.87. The molecule has 0 radical (unpaired) electrons. The Bertz CT molecular complexity index is 693. The number of rotatable bonds is 3. The van der Waals surface area contributed by atoms with E-state index in [0.29, 0.717) is 17.5 Å². The number of benzene rings is 1. The molecule has 3 aromatic rings. The molecule has 2 heterocycles. The topological polar surface area (TPSA) is 90.7 Å². The Morgan fingerprint density at radius 1 is 1.05 bits per heavy atom. The molecule has 2 aromatic heterocycles. The van der Waals surface area contributed by atoms with Crippen LogP contribution < -0.4 is 5.73 Å². The van der Waals surface area contributed by atoms with E-state index in [9.17, 15) is 0 Å². The van der Waals surface area contributed by atoms with Crippen LogP contribution in [0.15, 0.2) is 47.2 Å². The molecular formula is C14H13N5O. The predicted molar refractivity (Wildman–Crippen MR) is 72.5 cm³/mol. The molecule has 0 aliphatic heterocycles. The Balaban J connectivity index is 1.89. The van der Waals surface area contributed by atoms with Gasteiger partial charge >= 0.3 is 0 Å². The molecule has 0 saturated carbocycles.